The average molecular weight is 381 g/mol. The maximum Gasteiger partial charge on any atom is 0.206 e. The molecule has 0 amide bonds. The number of rotatable bonds is 4. The van der Waals surface area contributed by atoms with E-state index < -0.39 is 0 Å². The molecule has 1 unspecified atom stereocenters. The normalized spacial score (nSPS) is 22.0. The highest BCUT2D eigenvalue weighted by Gasteiger charge is 2.38. The molecule has 0 N–H and O–H groups in total. The van der Waals surface area contributed by atoms with Crippen LogP contribution in [0.25, 0.3) is 0 Å². The molecule has 1 atom stereocenters. The Morgan fingerprint density at radius 3 is 2.41 bits per heavy atom. The van der Waals surface area contributed by atoms with Crippen LogP contribution in [0.5, 0.6) is 0 Å². The van der Waals surface area contributed by atoms with E-state index in [1.165, 1.54) is 49.3 Å². The zero-order chi connectivity index (χ0) is 18.2. The monoisotopic (exact) mass is 380 g/mol. The van der Waals surface area contributed by atoms with Crippen molar-refractivity contribution in [2.45, 2.75) is 25.3 Å². The summed E-state index contributed by atoms with van der Waals surface area (Å²) in [5.41, 5.74) is 3.81. The number of hydrogen-bond acceptors (Lipinski definition) is 4. The maximum atomic E-state index is 6.06. The highest BCUT2D eigenvalue weighted by molar-refractivity contribution is 6.30. The van der Waals surface area contributed by atoms with Gasteiger partial charge in [-0.2, -0.15) is 0 Å². The number of benzene rings is 2. The van der Waals surface area contributed by atoms with Crippen LogP contribution >= 0.6 is 11.6 Å². The zero-order valence-corrected chi connectivity index (χ0v) is 16.3. The summed E-state index contributed by atoms with van der Waals surface area (Å²) in [4.78, 5) is 12.5. The maximum absolute atomic E-state index is 6.06. The number of aliphatic imine (C=N–C) groups is 1. The van der Waals surface area contributed by atoms with Crippen LogP contribution in [0.15, 0.2) is 53.5 Å². The van der Waals surface area contributed by atoms with E-state index in [0.717, 1.165) is 30.6 Å². The van der Waals surface area contributed by atoms with Gasteiger partial charge in [0.25, 0.3) is 0 Å². The van der Waals surface area contributed by atoms with Crippen LogP contribution in [0.2, 0.25) is 5.02 Å². The molecule has 3 aliphatic rings. The number of fused-ring (bicyclic) bond motifs is 3. The van der Waals surface area contributed by atoms with Crippen molar-refractivity contribution in [2.75, 3.05) is 42.5 Å². The quantitative estimate of drug-likeness (QED) is 0.776. The van der Waals surface area contributed by atoms with E-state index in [4.69, 9.17) is 16.6 Å². The first-order chi connectivity index (χ1) is 13.3. The third-order valence-corrected chi connectivity index (χ3v) is 6.17. The first kappa shape index (κ1) is 17.1. The molecule has 1 fully saturated rings. The van der Waals surface area contributed by atoms with Gasteiger partial charge in [0.15, 0.2) is 0 Å². The van der Waals surface area contributed by atoms with Crippen molar-refractivity contribution in [3.05, 3.63) is 59.1 Å². The second-order valence-corrected chi connectivity index (χ2v) is 8.09. The van der Waals surface area contributed by atoms with E-state index in [9.17, 15) is 0 Å². The van der Waals surface area contributed by atoms with Crippen LogP contribution in [0, 0.1) is 0 Å². The molecule has 0 saturated carbocycles. The lowest BCUT2D eigenvalue weighted by Crippen LogP contribution is -2.42. The minimum Gasteiger partial charge on any atom is -0.309 e. The van der Waals surface area contributed by atoms with E-state index in [2.05, 4.69) is 51.1 Å². The predicted molar refractivity (Wildman–Crippen MR) is 113 cm³/mol. The number of nitrogens with zero attached hydrogens (tertiary/aromatic N) is 4. The molecular formula is C22H25ClN4. The summed E-state index contributed by atoms with van der Waals surface area (Å²) in [7, 11) is 0. The number of para-hydroxylation sites is 2. The van der Waals surface area contributed by atoms with Crippen LogP contribution in [0.1, 0.15) is 30.9 Å². The van der Waals surface area contributed by atoms with Crippen molar-refractivity contribution >= 4 is 28.9 Å². The highest BCUT2D eigenvalue weighted by atomic mass is 35.5. The van der Waals surface area contributed by atoms with Gasteiger partial charge in [-0.3, -0.25) is 0 Å². The second-order valence-electron chi connectivity index (χ2n) is 7.65. The molecule has 5 rings (SSSR count). The molecule has 0 aromatic heterocycles. The van der Waals surface area contributed by atoms with Gasteiger partial charge in [0.1, 0.15) is 0 Å². The molecule has 0 aliphatic carbocycles. The van der Waals surface area contributed by atoms with E-state index in [0.29, 0.717) is 0 Å². The molecule has 4 nitrogen and oxygen atoms in total. The Hall–Kier alpha value is -2.04. The molecule has 0 bridgehead atoms. The second kappa shape index (κ2) is 7.17. The fourth-order valence-electron chi connectivity index (χ4n) is 4.46. The van der Waals surface area contributed by atoms with Crippen molar-refractivity contribution in [2.24, 2.45) is 4.99 Å². The van der Waals surface area contributed by atoms with Crippen molar-refractivity contribution in [3.63, 3.8) is 0 Å². The lowest BCUT2D eigenvalue weighted by molar-refractivity contribution is 0.235. The highest BCUT2D eigenvalue weighted by Crippen LogP contribution is 2.42. The Morgan fingerprint density at radius 1 is 0.889 bits per heavy atom. The van der Waals surface area contributed by atoms with Gasteiger partial charge in [0, 0.05) is 18.1 Å². The van der Waals surface area contributed by atoms with E-state index in [1.807, 2.05) is 12.1 Å². The molecule has 0 radical (unpaired) electrons. The number of halogens is 1. The van der Waals surface area contributed by atoms with Crippen molar-refractivity contribution < 1.29 is 0 Å². The molecule has 3 aliphatic heterocycles. The van der Waals surface area contributed by atoms with Crippen molar-refractivity contribution in [1.29, 1.82) is 0 Å². The largest absolute Gasteiger partial charge is 0.309 e. The van der Waals surface area contributed by atoms with Gasteiger partial charge in [-0.25, -0.2) is 4.99 Å². The smallest absolute Gasteiger partial charge is 0.206 e. The molecule has 2 aromatic carbocycles. The Labute approximate surface area is 166 Å². The minimum absolute atomic E-state index is 0.170. The average Bonchev–Trinajstić information content (AvgIpc) is 3.26. The third kappa shape index (κ3) is 3.21. The van der Waals surface area contributed by atoms with Crippen LogP contribution in [0.4, 0.5) is 11.4 Å². The van der Waals surface area contributed by atoms with Crippen LogP contribution in [-0.4, -0.2) is 43.6 Å². The first-order valence-electron chi connectivity index (χ1n) is 9.99. The molecule has 27 heavy (non-hydrogen) atoms. The molecule has 2 aromatic rings. The van der Waals surface area contributed by atoms with E-state index in [1.54, 1.807) is 0 Å². The number of likely N-dealkylation sites (tertiary alicyclic amines) is 1. The Balaban J connectivity index is 1.40. The van der Waals surface area contributed by atoms with E-state index >= 15 is 0 Å². The molecule has 1 saturated heterocycles. The predicted octanol–water partition coefficient (Wildman–Crippen LogP) is 4.56. The van der Waals surface area contributed by atoms with Crippen LogP contribution in [0.3, 0.4) is 0 Å². The minimum atomic E-state index is 0.170. The van der Waals surface area contributed by atoms with Crippen molar-refractivity contribution in [3.8, 4) is 0 Å². The van der Waals surface area contributed by atoms with Gasteiger partial charge >= 0.3 is 0 Å². The fourth-order valence-corrected chi connectivity index (χ4v) is 4.59. The lowest BCUT2D eigenvalue weighted by atomic mass is 10.1. The SMILES string of the molecule is Clc1ccc(C2CN3C(=N2)N(CCN2CCCCC2)c2ccccc23)cc1. The number of guanidine groups is 1. The summed E-state index contributed by atoms with van der Waals surface area (Å²) in [5.74, 6) is 1.10. The molecule has 3 heterocycles. The van der Waals surface area contributed by atoms with Crippen molar-refractivity contribution in [1.82, 2.24) is 4.90 Å². The molecule has 5 heteroatoms. The van der Waals surface area contributed by atoms with E-state index in [-0.39, 0.29) is 6.04 Å². The Bertz CT molecular complexity index is 842. The summed E-state index contributed by atoms with van der Waals surface area (Å²) in [6.07, 6.45) is 4.05. The summed E-state index contributed by atoms with van der Waals surface area (Å²) in [6.45, 7) is 5.47. The van der Waals surface area contributed by atoms with Gasteiger partial charge < -0.3 is 14.7 Å². The van der Waals surface area contributed by atoms with Gasteiger partial charge in [0.05, 0.1) is 24.0 Å². The topological polar surface area (TPSA) is 22.1 Å². The molecule has 140 valence electrons. The fraction of sp³-hybridized carbons (Fsp3) is 0.409. The van der Waals surface area contributed by atoms with Gasteiger partial charge in [-0.05, 0) is 55.8 Å². The molecular weight excluding hydrogens is 356 g/mol. The summed E-state index contributed by atoms with van der Waals surface area (Å²) < 4.78 is 0. The zero-order valence-electron chi connectivity index (χ0n) is 15.5. The number of piperidine rings is 1. The van der Waals surface area contributed by atoms with Gasteiger partial charge in [-0.1, -0.05) is 42.3 Å². The Kier molecular flexibility index (Phi) is 4.54. The lowest BCUT2D eigenvalue weighted by Gasteiger charge is -2.29. The summed E-state index contributed by atoms with van der Waals surface area (Å²) in [5, 5.41) is 0.776. The van der Waals surface area contributed by atoms with Gasteiger partial charge in [-0.15, -0.1) is 0 Å². The third-order valence-electron chi connectivity index (χ3n) is 5.92. The number of hydrogen-bond donors (Lipinski definition) is 0. The van der Waals surface area contributed by atoms with Crippen LogP contribution < -0.4 is 9.80 Å². The number of anilines is 2. The summed E-state index contributed by atoms with van der Waals surface area (Å²) in [6, 6.07) is 17.0. The molecule has 0 spiro atoms. The van der Waals surface area contributed by atoms with Gasteiger partial charge in [0.2, 0.25) is 5.96 Å². The summed E-state index contributed by atoms with van der Waals surface area (Å²) >= 11 is 6.06. The Morgan fingerprint density at radius 2 is 1.63 bits per heavy atom. The first-order valence-corrected chi connectivity index (χ1v) is 10.4. The standard InChI is InChI=1S/C22H25ClN4/c23-18-10-8-17(9-11-18)19-16-27-21-7-3-2-6-20(21)26(22(27)24-19)15-14-25-12-4-1-5-13-25/h2-3,6-11,19H,1,4-5,12-16H2. The van der Waals surface area contributed by atoms with Crippen LogP contribution in [-0.2, 0) is 0 Å².